The quantitative estimate of drug-likeness (QED) is 0.488. The van der Waals surface area contributed by atoms with Gasteiger partial charge in [-0.25, -0.2) is 4.79 Å². The zero-order valence-electron chi connectivity index (χ0n) is 18.8. The van der Waals surface area contributed by atoms with Gasteiger partial charge in [-0.05, 0) is 46.5 Å². The molecule has 1 fully saturated rings. The monoisotopic (exact) mass is 428 g/mol. The number of thioether (sulfide) groups is 1. The van der Waals surface area contributed by atoms with E-state index in [1.165, 1.54) is 18.2 Å². The molecule has 1 aliphatic rings. The van der Waals surface area contributed by atoms with Crippen molar-refractivity contribution in [3.8, 4) is 0 Å². The minimum absolute atomic E-state index is 0.0610. The number of nitrogens with one attached hydrogen (secondary N) is 2. The first kappa shape index (κ1) is 25.8. The maximum atomic E-state index is 12.8. The smallest absolute Gasteiger partial charge is 0.408 e. The van der Waals surface area contributed by atoms with E-state index in [1.54, 1.807) is 20.8 Å². The lowest BCUT2D eigenvalue weighted by molar-refractivity contribution is -0.124. The number of hydrogen-bond acceptors (Lipinski definition) is 5. The molecule has 0 bridgehead atoms. The summed E-state index contributed by atoms with van der Waals surface area (Å²) in [6.07, 6.45) is 8.19. The third kappa shape index (κ3) is 12.1. The summed E-state index contributed by atoms with van der Waals surface area (Å²) in [5, 5.41) is 6.09. The molecule has 1 saturated carbocycles. The van der Waals surface area contributed by atoms with Gasteiger partial charge in [0.1, 0.15) is 11.6 Å². The number of carbonyl (C=O) groups excluding carboxylic acids is 3. The first-order valence-electron chi connectivity index (χ1n) is 11.0. The zero-order chi connectivity index (χ0) is 21.9. The molecule has 0 heterocycles. The van der Waals surface area contributed by atoms with Crippen molar-refractivity contribution in [3.05, 3.63) is 0 Å². The maximum absolute atomic E-state index is 12.8. The van der Waals surface area contributed by atoms with Gasteiger partial charge in [-0.15, -0.1) is 0 Å². The molecule has 1 atom stereocenters. The Balaban J connectivity index is 2.47. The molecular formula is C22H40N2O4S. The molecule has 1 aliphatic carbocycles. The molecule has 0 aromatic heterocycles. The molecule has 0 aromatic carbocycles. The summed E-state index contributed by atoms with van der Waals surface area (Å²) in [6.45, 7) is 9.24. The van der Waals surface area contributed by atoms with Crippen molar-refractivity contribution in [1.29, 1.82) is 0 Å². The van der Waals surface area contributed by atoms with Gasteiger partial charge in [0, 0.05) is 17.7 Å². The van der Waals surface area contributed by atoms with Gasteiger partial charge < -0.3 is 15.4 Å². The predicted molar refractivity (Wildman–Crippen MR) is 119 cm³/mol. The molecule has 0 saturated heterocycles. The van der Waals surface area contributed by atoms with Gasteiger partial charge >= 0.3 is 6.09 Å². The molecule has 2 amide bonds. The van der Waals surface area contributed by atoms with E-state index in [0.717, 1.165) is 50.7 Å². The highest BCUT2D eigenvalue weighted by Crippen LogP contribution is 2.18. The Labute approximate surface area is 180 Å². The molecule has 1 rings (SSSR count). The highest BCUT2D eigenvalue weighted by molar-refractivity contribution is 8.13. The maximum Gasteiger partial charge on any atom is 0.408 e. The number of amides is 2. The van der Waals surface area contributed by atoms with Gasteiger partial charge in [-0.2, -0.15) is 0 Å². The lowest BCUT2D eigenvalue weighted by Crippen LogP contribution is -2.50. The van der Waals surface area contributed by atoms with Gasteiger partial charge in [0.25, 0.3) is 0 Å². The third-order valence-electron chi connectivity index (χ3n) is 4.81. The van der Waals surface area contributed by atoms with Crippen LogP contribution in [0.2, 0.25) is 0 Å². The Bertz CT molecular complexity index is 525. The fourth-order valence-electron chi connectivity index (χ4n) is 3.23. The normalized spacial score (nSPS) is 16.3. The van der Waals surface area contributed by atoms with E-state index in [-0.39, 0.29) is 23.0 Å². The summed E-state index contributed by atoms with van der Waals surface area (Å²) in [7, 11) is 0. The second-order valence-electron chi connectivity index (χ2n) is 9.21. The van der Waals surface area contributed by atoms with Crippen LogP contribution < -0.4 is 10.6 Å². The van der Waals surface area contributed by atoms with E-state index < -0.39 is 17.7 Å². The van der Waals surface area contributed by atoms with Crippen LogP contribution in [-0.4, -0.2) is 40.6 Å². The zero-order valence-corrected chi connectivity index (χ0v) is 19.7. The van der Waals surface area contributed by atoms with Gasteiger partial charge in [-0.1, -0.05) is 57.7 Å². The minimum Gasteiger partial charge on any atom is -0.444 e. The Hall–Kier alpha value is -1.24. The van der Waals surface area contributed by atoms with Crippen LogP contribution in [0.1, 0.15) is 92.4 Å². The highest BCUT2D eigenvalue weighted by atomic mass is 32.2. The molecule has 0 spiro atoms. The molecule has 0 aliphatic heterocycles. The number of rotatable bonds is 10. The molecule has 7 heteroatoms. The molecular weight excluding hydrogens is 388 g/mol. The van der Waals surface area contributed by atoms with Crippen LogP contribution in [0.15, 0.2) is 0 Å². The first-order valence-corrected chi connectivity index (χ1v) is 12.0. The number of unbranched alkanes of at least 4 members (excludes halogenated alkanes) is 2. The average molecular weight is 429 g/mol. The SMILES string of the molecule is CC(C)C(=O)SCCCCC[C@H](NC(=O)OC(C)(C)C)C(=O)NC1CCCCC1. The average Bonchev–Trinajstić information content (AvgIpc) is 2.62. The number of ether oxygens (including phenoxy) is 1. The van der Waals surface area contributed by atoms with Gasteiger partial charge in [-0.3, -0.25) is 9.59 Å². The Morgan fingerprint density at radius 1 is 1.03 bits per heavy atom. The summed E-state index contributed by atoms with van der Waals surface area (Å²) >= 11 is 1.38. The molecule has 0 radical (unpaired) electrons. The van der Waals surface area contributed by atoms with Gasteiger partial charge in [0.2, 0.25) is 5.91 Å². The second-order valence-corrected chi connectivity index (χ2v) is 10.3. The van der Waals surface area contributed by atoms with Crippen LogP contribution in [0, 0.1) is 5.92 Å². The largest absolute Gasteiger partial charge is 0.444 e. The van der Waals surface area contributed by atoms with E-state index in [2.05, 4.69) is 10.6 Å². The molecule has 29 heavy (non-hydrogen) atoms. The molecule has 6 nitrogen and oxygen atoms in total. The predicted octanol–water partition coefficient (Wildman–Crippen LogP) is 4.80. The van der Waals surface area contributed by atoms with Crippen molar-refractivity contribution in [1.82, 2.24) is 10.6 Å². The van der Waals surface area contributed by atoms with E-state index in [9.17, 15) is 14.4 Å². The Kier molecular flexibility index (Phi) is 11.7. The van der Waals surface area contributed by atoms with E-state index >= 15 is 0 Å². The van der Waals surface area contributed by atoms with Crippen LogP contribution in [0.5, 0.6) is 0 Å². The summed E-state index contributed by atoms with van der Waals surface area (Å²) in [4.78, 5) is 36.6. The third-order valence-corrected chi connectivity index (χ3v) is 6.06. The lowest BCUT2D eigenvalue weighted by Gasteiger charge is -2.27. The van der Waals surface area contributed by atoms with Gasteiger partial charge in [0.05, 0.1) is 0 Å². The fourth-order valence-corrected chi connectivity index (χ4v) is 4.12. The molecule has 168 valence electrons. The molecule has 0 aromatic rings. The van der Waals surface area contributed by atoms with E-state index in [0.29, 0.717) is 6.42 Å². The second kappa shape index (κ2) is 13.1. The van der Waals surface area contributed by atoms with Crippen molar-refractivity contribution in [2.75, 3.05) is 5.75 Å². The standard InChI is InChI=1S/C22H40N2O4S/c1-16(2)20(26)29-15-11-7-10-14-18(24-21(27)28-22(3,4)5)19(25)23-17-12-8-6-9-13-17/h16-18H,6-15H2,1-5H3,(H,23,25)(H,24,27)/t18-/m0/s1. The summed E-state index contributed by atoms with van der Waals surface area (Å²) in [5.74, 6) is 0.744. The fraction of sp³-hybridized carbons (Fsp3) is 0.864. The molecule has 2 N–H and O–H groups in total. The van der Waals surface area contributed by atoms with E-state index in [4.69, 9.17) is 4.74 Å². The Morgan fingerprint density at radius 3 is 2.28 bits per heavy atom. The number of carbonyl (C=O) groups is 3. The summed E-state index contributed by atoms with van der Waals surface area (Å²) < 4.78 is 5.33. The van der Waals surface area contributed by atoms with Crippen LogP contribution >= 0.6 is 11.8 Å². The first-order chi connectivity index (χ1) is 13.6. The lowest BCUT2D eigenvalue weighted by atomic mass is 9.95. The van der Waals surface area contributed by atoms with Crippen LogP contribution in [0.25, 0.3) is 0 Å². The van der Waals surface area contributed by atoms with Crippen LogP contribution in [0.4, 0.5) is 4.79 Å². The summed E-state index contributed by atoms with van der Waals surface area (Å²) in [5.41, 5.74) is -0.603. The minimum atomic E-state index is -0.603. The van der Waals surface area contributed by atoms with Crippen molar-refractivity contribution in [3.63, 3.8) is 0 Å². The van der Waals surface area contributed by atoms with Crippen molar-refractivity contribution < 1.29 is 19.1 Å². The topological polar surface area (TPSA) is 84.5 Å². The number of hydrogen-bond donors (Lipinski definition) is 2. The van der Waals surface area contributed by atoms with Crippen LogP contribution in [0.3, 0.4) is 0 Å². The summed E-state index contributed by atoms with van der Waals surface area (Å²) in [6, 6.07) is -0.380. The Morgan fingerprint density at radius 2 is 1.69 bits per heavy atom. The van der Waals surface area contributed by atoms with Crippen molar-refractivity contribution >= 4 is 28.9 Å². The highest BCUT2D eigenvalue weighted by Gasteiger charge is 2.26. The van der Waals surface area contributed by atoms with Crippen LogP contribution in [-0.2, 0) is 14.3 Å². The van der Waals surface area contributed by atoms with E-state index in [1.807, 2.05) is 13.8 Å². The van der Waals surface area contributed by atoms with Gasteiger partial charge in [0.15, 0.2) is 5.12 Å². The number of alkyl carbamates (subject to hydrolysis) is 1. The van der Waals surface area contributed by atoms with Crippen molar-refractivity contribution in [2.45, 2.75) is 110 Å². The van der Waals surface area contributed by atoms with Crippen molar-refractivity contribution in [2.24, 2.45) is 5.92 Å². The molecule has 0 unspecified atom stereocenters.